The van der Waals surface area contributed by atoms with Crippen LogP contribution in [0.2, 0.25) is 0 Å². The van der Waals surface area contributed by atoms with Crippen molar-refractivity contribution in [3.63, 3.8) is 0 Å². The lowest BCUT2D eigenvalue weighted by atomic mass is 9.95. The molecule has 1 aromatic rings. The van der Waals surface area contributed by atoms with Crippen molar-refractivity contribution in [1.29, 1.82) is 0 Å². The molecule has 1 atom stereocenters. The van der Waals surface area contributed by atoms with Gasteiger partial charge in [0.1, 0.15) is 0 Å². The number of unbranched alkanes of at least 4 members (excludes halogenated alkanes) is 1. The summed E-state index contributed by atoms with van der Waals surface area (Å²) in [6.07, 6.45) is -0.129. The second-order valence-corrected chi connectivity index (χ2v) is 5.22. The Morgan fingerprint density at radius 1 is 1.15 bits per heavy atom. The number of hydrogen-bond acceptors (Lipinski definition) is 1. The van der Waals surface area contributed by atoms with Gasteiger partial charge in [-0.1, -0.05) is 32.8 Å². The number of benzene rings is 1. The van der Waals surface area contributed by atoms with E-state index in [1.54, 1.807) is 13.0 Å². The van der Waals surface area contributed by atoms with Crippen LogP contribution in [0.1, 0.15) is 62.3 Å². The Bertz CT molecular complexity index is 405. The Morgan fingerprint density at radius 2 is 1.85 bits per heavy atom. The SMILES string of the molecule is CCCCC(NCCC)c1ccc(C(F)(F)F)cc1C. The maximum atomic E-state index is 12.7. The van der Waals surface area contributed by atoms with Crippen LogP contribution in [0.15, 0.2) is 18.2 Å². The first-order valence-corrected chi connectivity index (χ1v) is 7.31. The highest BCUT2D eigenvalue weighted by atomic mass is 19.4. The van der Waals surface area contributed by atoms with E-state index in [1.165, 1.54) is 12.1 Å². The molecule has 1 rings (SSSR count). The number of alkyl halides is 3. The lowest BCUT2D eigenvalue weighted by Gasteiger charge is -2.21. The summed E-state index contributed by atoms with van der Waals surface area (Å²) in [6, 6.07) is 4.22. The number of rotatable bonds is 7. The van der Waals surface area contributed by atoms with Crippen molar-refractivity contribution in [3.8, 4) is 0 Å². The maximum absolute atomic E-state index is 12.7. The van der Waals surface area contributed by atoms with Crippen molar-refractivity contribution in [1.82, 2.24) is 5.32 Å². The standard InChI is InChI=1S/C16H24F3N/c1-4-6-7-15(20-10-5-2)14-9-8-13(11-12(14)3)16(17,18)19/h8-9,11,15,20H,4-7,10H2,1-3H3. The Kier molecular flexibility index (Phi) is 6.53. The molecule has 0 aliphatic heterocycles. The van der Waals surface area contributed by atoms with E-state index in [0.29, 0.717) is 5.56 Å². The summed E-state index contributed by atoms with van der Waals surface area (Å²) in [7, 11) is 0. The molecular formula is C16H24F3N. The van der Waals surface area contributed by atoms with E-state index in [9.17, 15) is 13.2 Å². The second-order valence-electron chi connectivity index (χ2n) is 5.22. The Morgan fingerprint density at radius 3 is 2.35 bits per heavy atom. The molecule has 0 bridgehead atoms. The summed E-state index contributed by atoms with van der Waals surface area (Å²) in [5.41, 5.74) is 1.13. The van der Waals surface area contributed by atoms with E-state index in [4.69, 9.17) is 0 Å². The third-order valence-electron chi connectivity index (χ3n) is 3.46. The van der Waals surface area contributed by atoms with Gasteiger partial charge in [0.2, 0.25) is 0 Å². The molecule has 0 aliphatic carbocycles. The van der Waals surface area contributed by atoms with E-state index in [-0.39, 0.29) is 6.04 Å². The molecule has 114 valence electrons. The first-order chi connectivity index (χ1) is 9.40. The molecule has 1 aromatic carbocycles. The van der Waals surface area contributed by atoms with Gasteiger partial charge < -0.3 is 5.32 Å². The molecule has 0 amide bonds. The molecule has 1 nitrogen and oxygen atoms in total. The molecule has 0 aliphatic rings. The summed E-state index contributed by atoms with van der Waals surface area (Å²) in [5.74, 6) is 0. The molecule has 20 heavy (non-hydrogen) atoms. The summed E-state index contributed by atoms with van der Waals surface area (Å²) >= 11 is 0. The van der Waals surface area contributed by atoms with Gasteiger partial charge in [-0.15, -0.1) is 0 Å². The van der Waals surface area contributed by atoms with Crippen LogP contribution in [0.4, 0.5) is 13.2 Å². The predicted molar refractivity (Wildman–Crippen MR) is 76.7 cm³/mol. The van der Waals surface area contributed by atoms with Gasteiger partial charge >= 0.3 is 6.18 Å². The van der Waals surface area contributed by atoms with Crippen LogP contribution in [-0.4, -0.2) is 6.54 Å². The van der Waals surface area contributed by atoms with E-state index in [1.807, 2.05) is 0 Å². The van der Waals surface area contributed by atoms with Gasteiger partial charge in [0.15, 0.2) is 0 Å². The van der Waals surface area contributed by atoms with Gasteiger partial charge in [0, 0.05) is 6.04 Å². The smallest absolute Gasteiger partial charge is 0.310 e. The lowest BCUT2D eigenvalue weighted by Crippen LogP contribution is -2.23. The minimum Gasteiger partial charge on any atom is -0.310 e. The minimum absolute atomic E-state index is 0.150. The summed E-state index contributed by atoms with van der Waals surface area (Å²) < 4.78 is 38.1. The minimum atomic E-state index is -4.26. The lowest BCUT2D eigenvalue weighted by molar-refractivity contribution is -0.137. The fourth-order valence-electron chi connectivity index (χ4n) is 2.34. The number of hydrogen-bond donors (Lipinski definition) is 1. The first-order valence-electron chi connectivity index (χ1n) is 7.31. The van der Waals surface area contributed by atoms with Crippen molar-refractivity contribution in [3.05, 3.63) is 34.9 Å². The van der Waals surface area contributed by atoms with Crippen molar-refractivity contribution in [2.24, 2.45) is 0 Å². The molecule has 0 saturated heterocycles. The van der Waals surface area contributed by atoms with Gasteiger partial charge in [0.25, 0.3) is 0 Å². The van der Waals surface area contributed by atoms with Gasteiger partial charge in [-0.3, -0.25) is 0 Å². The zero-order chi connectivity index (χ0) is 15.2. The van der Waals surface area contributed by atoms with Crippen LogP contribution in [0, 0.1) is 6.92 Å². The monoisotopic (exact) mass is 287 g/mol. The molecule has 0 heterocycles. The number of aryl methyl sites for hydroxylation is 1. The zero-order valence-corrected chi connectivity index (χ0v) is 12.5. The quantitative estimate of drug-likeness (QED) is 0.722. The highest BCUT2D eigenvalue weighted by Crippen LogP contribution is 2.32. The summed E-state index contributed by atoms with van der Waals surface area (Å²) in [6.45, 7) is 6.85. The maximum Gasteiger partial charge on any atom is 0.416 e. The van der Waals surface area contributed by atoms with Gasteiger partial charge in [-0.05, 0) is 49.6 Å². The fourth-order valence-corrected chi connectivity index (χ4v) is 2.34. The molecule has 0 spiro atoms. The normalized spacial score (nSPS) is 13.5. The molecule has 0 aromatic heterocycles. The zero-order valence-electron chi connectivity index (χ0n) is 12.5. The van der Waals surface area contributed by atoms with Gasteiger partial charge in [-0.25, -0.2) is 0 Å². The molecule has 1 unspecified atom stereocenters. The fraction of sp³-hybridized carbons (Fsp3) is 0.625. The van der Waals surface area contributed by atoms with Crippen LogP contribution >= 0.6 is 0 Å². The first kappa shape index (κ1) is 17.0. The summed E-state index contributed by atoms with van der Waals surface area (Å²) in [4.78, 5) is 0. The Hall–Kier alpha value is -1.03. The van der Waals surface area contributed by atoms with E-state index in [2.05, 4.69) is 19.2 Å². The Balaban J connectivity index is 2.95. The molecule has 0 fully saturated rings. The molecule has 4 heteroatoms. The highest BCUT2D eigenvalue weighted by Gasteiger charge is 2.31. The van der Waals surface area contributed by atoms with Crippen molar-refractivity contribution in [2.45, 2.75) is 58.7 Å². The average Bonchev–Trinajstić information content (AvgIpc) is 2.38. The van der Waals surface area contributed by atoms with Crippen LogP contribution < -0.4 is 5.32 Å². The van der Waals surface area contributed by atoms with Crippen LogP contribution in [-0.2, 0) is 6.18 Å². The molecule has 0 saturated carbocycles. The van der Waals surface area contributed by atoms with Gasteiger partial charge in [0.05, 0.1) is 5.56 Å². The largest absolute Gasteiger partial charge is 0.416 e. The van der Waals surface area contributed by atoms with Crippen LogP contribution in [0.3, 0.4) is 0 Å². The van der Waals surface area contributed by atoms with E-state index in [0.717, 1.165) is 37.8 Å². The predicted octanol–water partition coefficient (Wildman–Crippen LogP) is 5.24. The van der Waals surface area contributed by atoms with Crippen molar-refractivity contribution < 1.29 is 13.2 Å². The topological polar surface area (TPSA) is 12.0 Å². The molecular weight excluding hydrogens is 263 g/mol. The third kappa shape index (κ3) is 4.82. The highest BCUT2D eigenvalue weighted by molar-refractivity contribution is 5.34. The second kappa shape index (κ2) is 7.67. The average molecular weight is 287 g/mol. The molecule has 0 radical (unpaired) electrons. The van der Waals surface area contributed by atoms with E-state index >= 15 is 0 Å². The number of halogens is 3. The van der Waals surface area contributed by atoms with Gasteiger partial charge in [-0.2, -0.15) is 13.2 Å². The van der Waals surface area contributed by atoms with Crippen molar-refractivity contribution in [2.75, 3.05) is 6.54 Å². The van der Waals surface area contributed by atoms with Crippen LogP contribution in [0.5, 0.6) is 0 Å². The van der Waals surface area contributed by atoms with Crippen LogP contribution in [0.25, 0.3) is 0 Å². The van der Waals surface area contributed by atoms with Crippen molar-refractivity contribution >= 4 is 0 Å². The summed E-state index contributed by atoms with van der Waals surface area (Å²) in [5, 5.41) is 3.44. The number of nitrogens with one attached hydrogen (secondary N) is 1. The van der Waals surface area contributed by atoms with E-state index < -0.39 is 11.7 Å². The Labute approximate surface area is 119 Å². The molecule has 1 N–H and O–H groups in total. The third-order valence-corrected chi connectivity index (χ3v) is 3.46.